The van der Waals surface area contributed by atoms with Crippen molar-refractivity contribution in [1.82, 2.24) is 4.90 Å². The maximum absolute atomic E-state index is 6.08. The Morgan fingerprint density at radius 1 is 1.22 bits per heavy atom. The number of hydrogen-bond acceptors (Lipinski definition) is 2. The van der Waals surface area contributed by atoms with E-state index in [1.165, 1.54) is 49.8 Å². The van der Waals surface area contributed by atoms with Crippen molar-refractivity contribution in [3.8, 4) is 0 Å². The summed E-state index contributed by atoms with van der Waals surface area (Å²) >= 11 is 0. The third-order valence-electron chi connectivity index (χ3n) is 5.06. The van der Waals surface area contributed by atoms with Gasteiger partial charge in [0, 0.05) is 25.3 Å². The molecule has 0 atom stereocenters. The fourth-order valence-electron chi connectivity index (χ4n) is 3.85. The molecule has 18 heavy (non-hydrogen) atoms. The molecule has 1 aliphatic carbocycles. The van der Waals surface area contributed by atoms with Crippen LogP contribution in [0.3, 0.4) is 0 Å². The second-order valence-electron chi connectivity index (χ2n) is 6.19. The highest BCUT2D eigenvalue weighted by Crippen LogP contribution is 2.43. The molecule has 0 saturated heterocycles. The molecule has 1 aromatic rings. The van der Waals surface area contributed by atoms with E-state index in [2.05, 4.69) is 24.0 Å². The van der Waals surface area contributed by atoms with E-state index in [-0.39, 0.29) is 0 Å². The van der Waals surface area contributed by atoms with Crippen molar-refractivity contribution in [3.63, 3.8) is 0 Å². The van der Waals surface area contributed by atoms with E-state index in [4.69, 9.17) is 5.73 Å². The molecule has 1 heterocycles. The average Bonchev–Trinajstić information content (AvgIpc) is 2.97. The van der Waals surface area contributed by atoms with E-state index >= 15 is 0 Å². The van der Waals surface area contributed by atoms with Gasteiger partial charge in [-0.2, -0.15) is 0 Å². The molecular weight excluding hydrogens is 220 g/mol. The zero-order valence-corrected chi connectivity index (χ0v) is 11.4. The van der Waals surface area contributed by atoms with Crippen molar-refractivity contribution in [1.29, 1.82) is 0 Å². The summed E-state index contributed by atoms with van der Waals surface area (Å²) in [5, 5.41) is 0. The fourth-order valence-corrected chi connectivity index (χ4v) is 3.85. The van der Waals surface area contributed by atoms with Crippen molar-refractivity contribution in [2.45, 2.75) is 52.1 Å². The standard InChI is InChI=1S/C16H24N2/c1-2-16(8-3-4-9-16)12-18-10-13-6-5-7-15(17)14(13)11-18/h5-7H,2-4,8-12,17H2,1H3. The van der Waals surface area contributed by atoms with Gasteiger partial charge in [-0.05, 0) is 41.9 Å². The SMILES string of the molecule is CCC1(CN2Cc3cccc(N)c3C2)CCCC1. The van der Waals surface area contributed by atoms with Crippen LogP contribution >= 0.6 is 0 Å². The van der Waals surface area contributed by atoms with E-state index in [0.29, 0.717) is 5.41 Å². The van der Waals surface area contributed by atoms with Gasteiger partial charge >= 0.3 is 0 Å². The summed E-state index contributed by atoms with van der Waals surface area (Å²) in [5.74, 6) is 0. The summed E-state index contributed by atoms with van der Waals surface area (Å²) < 4.78 is 0. The van der Waals surface area contributed by atoms with Crippen molar-refractivity contribution in [2.75, 3.05) is 12.3 Å². The van der Waals surface area contributed by atoms with Crippen LogP contribution in [0.4, 0.5) is 5.69 Å². The molecule has 1 fully saturated rings. The van der Waals surface area contributed by atoms with Gasteiger partial charge in [-0.1, -0.05) is 31.9 Å². The zero-order valence-electron chi connectivity index (χ0n) is 11.4. The maximum Gasteiger partial charge on any atom is 0.0363 e. The van der Waals surface area contributed by atoms with Gasteiger partial charge in [0.25, 0.3) is 0 Å². The zero-order chi connectivity index (χ0) is 12.6. The normalized spacial score (nSPS) is 22.3. The minimum absolute atomic E-state index is 0.594. The molecule has 1 aliphatic heterocycles. The largest absolute Gasteiger partial charge is 0.398 e. The van der Waals surface area contributed by atoms with Gasteiger partial charge in [-0.25, -0.2) is 0 Å². The molecule has 3 rings (SSSR count). The Bertz CT molecular complexity index is 433. The minimum Gasteiger partial charge on any atom is -0.398 e. The van der Waals surface area contributed by atoms with Crippen molar-refractivity contribution in [2.24, 2.45) is 5.41 Å². The van der Waals surface area contributed by atoms with E-state index in [0.717, 1.165) is 18.8 Å². The Morgan fingerprint density at radius 3 is 2.67 bits per heavy atom. The number of hydrogen-bond donors (Lipinski definition) is 1. The molecule has 98 valence electrons. The number of nitrogens with zero attached hydrogens (tertiary/aromatic N) is 1. The van der Waals surface area contributed by atoms with Crippen LogP contribution in [-0.4, -0.2) is 11.4 Å². The Balaban J connectivity index is 1.72. The van der Waals surface area contributed by atoms with Gasteiger partial charge in [0.1, 0.15) is 0 Å². The molecule has 0 spiro atoms. The maximum atomic E-state index is 6.08. The Kier molecular flexibility index (Phi) is 3.06. The molecule has 0 aromatic heterocycles. The summed E-state index contributed by atoms with van der Waals surface area (Å²) in [6, 6.07) is 6.36. The molecule has 1 saturated carbocycles. The first-order valence-corrected chi connectivity index (χ1v) is 7.31. The van der Waals surface area contributed by atoms with Crippen molar-refractivity contribution < 1.29 is 0 Å². The summed E-state index contributed by atoms with van der Waals surface area (Å²) in [4.78, 5) is 2.61. The lowest BCUT2D eigenvalue weighted by molar-refractivity contribution is 0.147. The Hall–Kier alpha value is -1.02. The second-order valence-corrected chi connectivity index (χ2v) is 6.19. The van der Waals surface area contributed by atoms with E-state index in [1.807, 2.05) is 6.07 Å². The topological polar surface area (TPSA) is 29.3 Å². The van der Waals surface area contributed by atoms with Crippen LogP contribution in [0.2, 0.25) is 0 Å². The second kappa shape index (κ2) is 4.58. The molecule has 0 unspecified atom stereocenters. The van der Waals surface area contributed by atoms with Crippen LogP contribution in [0.5, 0.6) is 0 Å². The summed E-state index contributed by atoms with van der Waals surface area (Å²) in [7, 11) is 0. The van der Waals surface area contributed by atoms with Gasteiger partial charge in [0.15, 0.2) is 0 Å². The van der Waals surface area contributed by atoms with E-state index in [9.17, 15) is 0 Å². The molecule has 2 N–H and O–H groups in total. The van der Waals surface area contributed by atoms with Crippen LogP contribution in [-0.2, 0) is 13.1 Å². The molecule has 2 aliphatic rings. The number of nitrogen functional groups attached to an aromatic ring is 1. The summed E-state index contributed by atoms with van der Waals surface area (Å²) in [6.45, 7) is 5.78. The first-order valence-electron chi connectivity index (χ1n) is 7.31. The number of benzene rings is 1. The predicted molar refractivity (Wildman–Crippen MR) is 76.2 cm³/mol. The smallest absolute Gasteiger partial charge is 0.0363 e. The number of nitrogens with two attached hydrogens (primary N) is 1. The highest BCUT2D eigenvalue weighted by molar-refractivity contribution is 5.52. The lowest BCUT2D eigenvalue weighted by atomic mass is 9.83. The summed E-state index contributed by atoms with van der Waals surface area (Å²) in [5.41, 5.74) is 10.5. The molecule has 0 amide bonds. The lowest BCUT2D eigenvalue weighted by Gasteiger charge is -2.32. The van der Waals surface area contributed by atoms with Gasteiger partial charge < -0.3 is 5.73 Å². The van der Waals surface area contributed by atoms with Crippen LogP contribution in [0, 0.1) is 5.41 Å². The van der Waals surface area contributed by atoms with Crippen molar-refractivity contribution >= 4 is 5.69 Å². The highest BCUT2D eigenvalue weighted by Gasteiger charge is 2.35. The molecule has 1 aromatic carbocycles. The van der Waals surface area contributed by atoms with Gasteiger partial charge in [0.2, 0.25) is 0 Å². The fraction of sp³-hybridized carbons (Fsp3) is 0.625. The molecule has 0 bridgehead atoms. The van der Waals surface area contributed by atoms with Gasteiger partial charge in [-0.15, -0.1) is 0 Å². The van der Waals surface area contributed by atoms with Crippen molar-refractivity contribution in [3.05, 3.63) is 29.3 Å². The van der Waals surface area contributed by atoms with E-state index in [1.54, 1.807) is 0 Å². The predicted octanol–water partition coefficient (Wildman–Crippen LogP) is 3.55. The van der Waals surface area contributed by atoms with Crippen LogP contribution in [0.25, 0.3) is 0 Å². The van der Waals surface area contributed by atoms with Gasteiger partial charge in [-0.3, -0.25) is 4.90 Å². The molecule has 0 radical (unpaired) electrons. The molecule has 2 nitrogen and oxygen atoms in total. The number of rotatable bonds is 3. The average molecular weight is 244 g/mol. The van der Waals surface area contributed by atoms with E-state index < -0.39 is 0 Å². The first-order chi connectivity index (χ1) is 8.72. The minimum atomic E-state index is 0.594. The third-order valence-corrected chi connectivity index (χ3v) is 5.06. The highest BCUT2D eigenvalue weighted by atomic mass is 15.1. The Morgan fingerprint density at radius 2 is 2.00 bits per heavy atom. The van der Waals surface area contributed by atoms with Gasteiger partial charge in [0.05, 0.1) is 0 Å². The van der Waals surface area contributed by atoms with Crippen LogP contribution in [0.15, 0.2) is 18.2 Å². The number of anilines is 1. The van der Waals surface area contributed by atoms with Crippen LogP contribution in [0.1, 0.15) is 50.2 Å². The number of fused-ring (bicyclic) bond motifs is 1. The molecule has 2 heteroatoms. The quantitative estimate of drug-likeness (QED) is 0.824. The van der Waals surface area contributed by atoms with Crippen LogP contribution < -0.4 is 5.73 Å². The first kappa shape index (κ1) is 12.0. The molecular formula is C16H24N2. The lowest BCUT2D eigenvalue weighted by Crippen LogP contribution is -2.32. The third kappa shape index (κ3) is 2.03. The monoisotopic (exact) mass is 244 g/mol. The summed E-state index contributed by atoms with van der Waals surface area (Å²) in [6.07, 6.45) is 7.03. The Labute approximate surface area is 110 Å².